The number of anilines is 1. The molecule has 0 N–H and O–H groups in total. The highest BCUT2D eigenvalue weighted by Gasteiger charge is 2.53. The third-order valence-electron chi connectivity index (χ3n) is 5.62. The molecule has 0 aliphatic carbocycles. The van der Waals surface area contributed by atoms with Gasteiger partial charge in [0.2, 0.25) is 0 Å². The number of imidazole rings is 1. The molecule has 1 aromatic heterocycles. The number of piperidine rings is 1. The number of hydrogen-bond acceptors (Lipinski definition) is 3. The predicted octanol–water partition coefficient (Wildman–Crippen LogP) is 2.53. The fourth-order valence-electron chi connectivity index (χ4n) is 4.28. The van der Waals surface area contributed by atoms with Crippen molar-refractivity contribution in [1.82, 2.24) is 14.5 Å². The van der Waals surface area contributed by atoms with Gasteiger partial charge in [0, 0.05) is 32.0 Å². The van der Waals surface area contributed by atoms with E-state index in [0.29, 0.717) is 18.8 Å². The van der Waals surface area contributed by atoms with Gasteiger partial charge in [-0.05, 0) is 44.7 Å². The molecule has 1 atom stereocenters. The molecule has 3 heterocycles. The number of aryl methyl sites for hydroxylation is 2. The molecule has 4 rings (SSSR count). The van der Waals surface area contributed by atoms with Crippen LogP contribution in [-0.4, -0.2) is 44.9 Å². The highest BCUT2D eigenvalue weighted by atomic mass is 16.2. The number of likely N-dealkylation sites (tertiary alicyclic amines) is 1. The lowest BCUT2D eigenvalue weighted by Gasteiger charge is -2.44. The summed E-state index contributed by atoms with van der Waals surface area (Å²) in [6, 6.07) is 8.03. The quantitative estimate of drug-likeness (QED) is 0.834. The zero-order chi connectivity index (χ0) is 18.3. The van der Waals surface area contributed by atoms with Crippen molar-refractivity contribution in [3.8, 4) is 0 Å². The molecule has 2 amide bonds. The van der Waals surface area contributed by atoms with Crippen LogP contribution >= 0.6 is 0 Å². The van der Waals surface area contributed by atoms with Gasteiger partial charge < -0.3 is 14.4 Å². The minimum absolute atomic E-state index is 0.0504. The Morgan fingerprint density at radius 2 is 1.81 bits per heavy atom. The molecule has 6 heteroatoms. The first-order chi connectivity index (χ1) is 12.5. The van der Waals surface area contributed by atoms with E-state index < -0.39 is 5.54 Å². The third kappa shape index (κ3) is 2.60. The summed E-state index contributed by atoms with van der Waals surface area (Å²) in [5.41, 5.74) is 1.77. The Balaban J connectivity index is 1.66. The van der Waals surface area contributed by atoms with Gasteiger partial charge in [-0.2, -0.15) is 0 Å². The summed E-state index contributed by atoms with van der Waals surface area (Å²) in [5.74, 6) is -0.0865. The number of benzene rings is 1. The molecule has 6 nitrogen and oxygen atoms in total. The minimum Gasteiger partial charge on any atom is -0.340 e. The van der Waals surface area contributed by atoms with E-state index in [-0.39, 0.29) is 11.8 Å². The van der Waals surface area contributed by atoms with Crippen LogP contribution in [0.3, 0.4) is 0 Å². The largest absolute Gasteiger partial charge is 0.340 e. The lowest BCUT2D eigenvalue weighted by molar-refractivity contribution is -0.130. The fourth-order valence-corrected chi connectivity index (χ4v) is 4.28. The van der Waals surface area contributed by atoms with E-state index in [9.17, 15) is 9.59 Å². The zero-order valence-electron chi connectivity index (χ0n) is 15.3. The van der Waals surface area contributed by atoms with Crippen LogP contribution in [0.5, 0.6) is 0 Å². The molecule has 2 aromatic rings. The van der Waals surface area contributed by atoms with E-state index in [2.05, 4.69) is 4.98 Å². The maximum atomic E-state index is 13.5. The standard InChI is InChI=1S/C20H24N4O2/c1-15-5-7-16(8-6-15)23-11-3-9-20(19(23)26)10-4-12-24(20)18(25)17-13-22(2)14-21-17/h5-8,13-14H,3-4,9-12H2,1-2H3. The second kappa shape index (κ2) is 6.27. The molecule has 26 heavy (non-hydrogen) atoms. The zero-order valence-corrected chi connectivity index (χ0v) is 15.3. The first kappa shape index (κ1) is 16.8. The van der Waals surface area contributed by atoms with E-state index >= 15 is 0 Å². The number of carbonyl (C=O) groups excluding carboxylic acids is 2. The van der Waals surface area contributed by atoms with Crippen molar-refractivity contribution < 1.29 is 9.59 Å². The van der Waals surface area contributed by atoms with Gasteiger partial charge in [-0.1, -0.05) is 17.7 Å². The third-order valence-corrected chi connectivity index (χ3v) is 5.62. The van der Waals surface area contributed by atoms with E-state index in [0.717, 1.165) is 31.4 Å². The van der Waals surface area contributed by atoms with Crippen molar-refractivity contribution in [2.75, 3.05) is 18.0 Å². The molecule has 1 unspecified atom stereocenters. The number of rotatable bonds is 2. The summed E-state index contributed by atoms with van der Waals surface area (Å²) in [6.45, 7) is 3.35. The highest BCUT2D eigenvalue weighted by Crippen LogP contribution is 2.40. The van der Waals surface area contributed by atoms with Crippen LogP contribution in [-0.2, 0) is 11.8 Å². The number of nitrogens with zero attached hydrogens (tertiary/aromatic N) is 4. The molecule has 2 aliphatic rings. The van der Waals surface area contributed by atoms with Crippen molar-refractivity contribution in [2.24, 2.45) is 7.05 Å². The number of hydrogen-bond donors (Lipinski definition) is 0. The van der Waals surface area contributed by atoms with Gasteiger partial charge >= 0.3 is 0 Å². The summed E-state index contributed by atoms with van der Waals surface area (Å²) in [4.78, 5) is 34.4. The summed E-state index contributed by atoms with van der Waals surface area (Å²) in [5, 5.41) is 0. The minimum atomic E-state index is -0.724. The maximum Gasteiger partial charge on any atom is 0.274 e. The summed E-state index contributed by atoms with van der Waals surface area (Å²) in [6.07, 6.45) is 6.55. The van der Waals surface area contributed by atoms with Gasteiger partial charge in [0.05, 0.1) is 6.33 Å². The van der Waals surface area contributed by atoms with Crippen LogP contribution in [0.25, 0.3) is 0 Å². The molecule has 0 saturated carbocycles. The van der Waals surface area contributed by atoms with Crippen LogP contribution in [0.2, 0.25) is 0 Å². The molecule has 136 valence electrons. The summed E-state index contributed by atoms with van der Waals surface area (Å²) < 4.78 is 1.76. The Bertz CT molecular complexity index is 842. The van der Waals surface area contributed by atoms with Crippen LogP contribution in [0, 0.1) is 6.92 Å². The van der Waals surface area contributed by atoms with Crippen molar-refractivity contribution in [1.29, 1.82) is 0 Å². The molecule has 2 aliphatic heterocycles. The molecule has 2 fully saturated rings. The summed E-state index contributed by atoms with van der Waals surface area (Å²) >= 11 is 0. The number of amides is 2. The topological polar surface area (TPSA) is 58.4 Å². The van der Waals surface area contributed by atoms with Crippen molar-refractivity contribution in [3.63, 3.8) is 0 Å². The molecular weight excluding hydrogens is 328 g/mol. The van der Waals surface area contributed by atoms with Gasteiger partial charge in [0.25, 0.3) is 11.8 Å². The van der Waals surface area contributed by atoms with Crippen molar-refractivity contribution in [3.05, 3.63) is 48.0 Å². The van der Waals surface area contributed by atoms with Crippen LogP contribution in [0.1, 0.15) is 41.7 Å². The number of carbonyl (C=O) groups is 2. The second-order valence-electron chi connectivity index (χ2n) is 7.41. The SMILES string of the molecule is Cc1ccc(N2CCCC3(CCCN3C(=O)c3cn(C)cn3)C2=O)cc1. The Morgan fingerprint density at radius 3 is 2.46 bits per heavy atom. The van der Waals surface area contributed by atoms with Gasteiger partial charge in [-0.3, -0.25) is 9.59 Å². The first-order valence-electron chi connectivity index (χ1n) is 9.20. The Hall–Kier alpha value is -2.63. The van der Waals surface area contributed by atoms with Crippen molar-refractivity contribution in [2.45, 2.75) is 38.1 Å². The highest BCUT2D eigenvalue weighted by molar-refractivity contribution is 6.05. The molecule has 1 spiro atoms. The van der Waals surface area contributed by atoms with Gasteiger partial charge in [0.15, 0.2) is 0 Å². The molecule has 2 saturated heterocycles. The van der Waals surface area contributed by atoms with E-state index in [4.69, 9.17) is 0 Å². The van der Waals surface area contributed by atoms with Crippen LogP contribution < -0.4 is 4.90 Å². The lowest BCUT2D eigenvalue weighted by atomic mass is 9.85. The average molecular weight is 352 g/mol. The molecule has 0 radical (unpaired) electrons. The van der Waals surface area contributed by atoms with Gasteiger partial charge in [0.1, 0.15) is 11.2 Å². The van der Waals surface area contributed by atoms with Crippen LogP contribution in [0.15, 0.2) is 36.8 Å². The van der Waals surface area contributed by atoms with E-state index in [1.807, 2.05) is 43.1 Å². The second-order valence-corrected chi connectivity index (χ2v) is 7.41. The summed E-state index contributed by atoms with van der Waals surface area (Å²) in [7, 11) is 1.84. The molecule has 0 bridgehead atoms. The predicted molar refractivity (Wildman–Crippen MR) is 99.0 cm³/mol. The Kier molecular flexibility index (Phi) is 4.05. The normalized spacial score (nSPS) is 23.1. The fraction of sp³-hybridized carbons (Fsp3) is 0.450. The van der Waals surface area contributed by atoms with Crippen molar-refractivity contribution >= 4 is 17.5 Å². The van der Waals surface area contributed by atoms with E-state index in [1.54, 1.807) is 22.0 Å². The van der Waals surface area contributed by atoms with Crippen LogP contribution in [0.4, 0.5) is 5.69 Å². The molecule has 1 aromatic carbocycles. The first-order valence-corrected chi connectivity index (χ1v) is 9.20. The lowest BCUT2D eigenvalue weighted by Crippen LogP contribution is -2.61. The Morgan fingerprint density at radius 1 is 1.12 bits per heavy atom. The van der Waals surface area contributed by atoms with Gasteiger partial charge in [-0.25, -0.2) is 4.98 Å². The Labute approximate surface area is 153 Å². The smallest absolute Gasteiger partial charge is 0.274 e. The molecular formula is C20H24N4O2. The average Bonchev–Trinajstić information content (AvgIpc) is 3.25. The van der Waals surface area contributed by atoms with E-state index in [1.165, 1.54) is 5.56 Å². The number of aromatic nitrogens is 2. The maximum absolute atomic E-state index is 13.5. The monoisotopic (exact) mass is 352 g/mol. The van der Waals surface area contributed by atoms with Gasteiger partial charge in [-0.15, -0.1) is 0 Å².